The van der Waals surface area contributed by atoms with Crippen LogP contribution in [0.25, 0.3) is 0 Å². The van der Waals surface area contributed by atoms with Gasteiger partial charge in [-0.2, -0.15) is 5.10 Å². The summed E-state index contributed by atoms with van der Waals surface area (Å²) in [6.45, 7) is 3.41. The second kappa shape index (κ2) is 9.64. The number of ether oxygens (including phenoxy) is 1. The van der Waals surface area contributed by atoms with Gasteiger partial charge in [-0.15, -0.1) is 11.8 Å². The fourth-order valence-electron chi connectivity index (χ4n) is 2.02. The Morgan fingerprint density at radius 1 is 1.16 bits per heavy atom. The Kier molecular flexibility index (Phi) is 7.22. The highest BCUT2D eigenvalue weighted by molar-refractivity contribution is 7.99. The highest BCUT2D eigenvalue weighted by atomic mass is 32.2. The summed E-state index contributed by atoms with van der Waals surface area (Å²) in [5.41, 5.74) is 5.76. The quantitative estimate of drug-likeness (QED) is 0.358. The Balaban J connectivity index is 1.73. The maximum atomic E-state index is 11.8. The number of esters is 1. The molecule has 0 fully saturated rings. The average molecular weight is 356 g/mol. The summed E-state index contributed by atoms with van der Waals surface area (Å²) in [5, 5.41) is 3.93. The van der Waals surface area contributed by atoms with E-state index < -0.39 is 0 Å². The van der Waals surface area contributed by atoms with Crippen molar-refractivity contribution in [3.05, 3.63) is 65.2 Å². The summed E-state index contributed by atoms with van der Waals surface area (Å²) >= 11 is 1.55. The van der Waals surface area contributed by atoms with Gasteiger partial charge in [0.2, 0.25) is 5.91 Å². The van der Waals surface area contributed by atoms with E-state index in [0.717, 1.165) is 11.3 Å². The van der Waals surface area contributed by atoms with E-state index in [1.807, 2.05) is 12.1 Å². The van der Waals surface area contributed by atoms with E-state index >= 15 is 0 Å². The Bertz CT molecular complexity index is 758. The highest BCUT2D eigenvalue weighted by Crippen LogP contribution is 2.15. The minimum absolute atomic E-state index is 0.147. The summed E-state index contributed by atoms with van der Waals surface area (Å²) in [5.74, 6) is 1.10. The van der Waals surface area contributed by atoms with Gasteiger partial charge in [0, 0.05) is 12.7 Å². The standard InChI is InChI=1S/C19H20N2O3S/c1-14-5-3-4-6-17(14)12-25-13-19(23)21-20-11-16-7-9-18(10-8-16)24-15(2)22/h3-11H,12-13H2,1-2H3,(H,21,23)/b20-11-. The number of benzene rings is 2. The maximum Gasteiger partial charge on any atom is 0.308 e. The van der Waals surface area contributed by atoms with Gasteiger partial charge in [-0.05, 0) is 47.9 Å². The van der Waals surface area contributed by atoms with E-state index in [1.165, 1.54) is 18.1 Å². The van der Waals surface area contributed by atoms with Crippen molar-refractivity contribution in [3.8, 4) is 5.75 Å². The van der Waals surface area contributed by atoms with Crippen molar-refractivity contribution in [2.75, 3.05) is 5.75 Å². The lowest BCUT2D eigenvalue weighted by Crippen LogP contribution is -2.19. The summed E-state index contributed by atoms with van der Waals surface area (Å²) in [6.07, 6.45) is 1.54. The molecule has 0 radical (unpaired) electrons. The molecule has 5 nitrogen and oxygen atoms in total. The normalized spacial score (nSPS) is 10.6. The number of aryl methyl sites for hydroxylation is 1. The molecule has 0 aliphatic heterocycles. The molecule has 0 aliphatic carbocycles. The number of rotatable bonds is 7. The molecule has 0 aliphatic rings. The molecule has 0 saturated heterocycles. The van der Waals surface area contributed by atoms with E-state index in [0.29, 0.717) is 11.5 Å². The number of thioether (sulfide) groups is 1. The van der Waals surface area contributed by atoms with Crippen LogP contribution in [-0.2, 0) is 15.3 Å². The van der Waals surface area contributed by atoms with Crippen molar-refractivity contribution >= 4 is 29.9 Å². The average Bonchev–Trinajstić information content (AvgIpc) is 2.58. The summed E-state index contributed by atoms with van der Waals surface area (Å²) < 4.78 is 4.95. The molecule has 0 unspecified atom stereocenters. The van der Waals surface area contributed by atoms with Crippen molar-refractivity contribution in [1.82, 2.24) is 5.43 Å². The van der Waals surface area contributed by atoms with Crippen molar-refractivity contribution in [2.45, 2.75) is 19.6 Å². The number of nitrogens with one attached hydrogen (secondary N) is 1. The highest BCUT2D eigenvalue weighted by Gasteiger charge is 2.02. The third-order valence-corrected chi connectivity index (χ3v) is 4.28. The Labute approximate surface area is 151 Å². The summed E-state index contributed by atoms with van der Waals surface area (Å²) in [7, 11) is 0. The van der Waals surface area contributed by atoms with Crippen molar-refractivity contribution in [2.24, 2.45) is 5.10 Å². The molecule has 2 rings (SSSR count). The van der Waals surface area contributed by atoms with Gasteiger partial charge in [0.05, 0.1) is 12.0 Å². The first-order valence-corrected chi connectivity index (χ1v) is 8.92. The first-order valence-electron chi connectivity index (χ1n) is 7.77. The van der Waals surface area contributed by atoms with Crippen LogP contribution in [-0.4, -0.2) is 23.8 Å². The third-order valence-electron chi connectivity index (χ3n) is 3.30. The van der Waals surface area contributed by atoms with Crippen LogP contribution in [0.1, 0.15) is 23.6 Å². The second-order valence-corrected chi connectivity index (χ2v) is 6.36. The van der Waals surface area contributed by atoms with Crippen LogP contribution in [0, 0.1) is 6.92 Å². The van der Waals surface area contributed by atoms with Gasteiger partial charge < -0.3 is 4.74 Å². The molecule has 0 heterocycles. The molecule has 0 spiro atoms. The lowest BCUT2D eigenvalue weighted by molar-refractivity contribution is -0.131. The third kappa shape index (κ3) is 6.81. The predicted octanol–water partition coefficient (Wildman–Crippen LogP) is 3.30. The maximum absolute atomic E-state index is 11.8. The van der Waals surface area contributed by atoms with E-state index in [9.17, 15) is 9.59 Å². The molecule has 0 aromatic heterocycles. The van der Waals surface area contributed by atoms with E-state index in [2.05, 4.69) is 29.6 Å². The number of carbonyl (C=O) groups excluding carboxylic acids is 2. The molecule has 130 valence electrons. The van der Waals surface area contributed by atoms with Crippen LogP contribution < -0.4 is 10.2 Å². The zero-order chi connectivity index (χ0) is 18.1. The van der Waals surface area contributed by atoms with Crippen molar-refractivity contribution < 1.29 is 14.3 Å². The monoisotopic (exact) mass is 356 g/mol. The minimum atomic E-state index is -0.364. The van der Waals surface area contributed by atoms with Crippen LogP contribution in [0.4, 0.5) is 0 Å². The molecule has 6 heteroatoms. The lowest BCUT2D eigenvalue weighted by atomic mass is 10.1. The van der Waals surface area contributed by atoms with E-state index in [-0.39, 0.29) is 11.9 Å². The van der Waals surface area contributed by atoms with Crippen LogP contribution in [0.5, 0.6) is 5.75 Å². The fraction of sp³-hybridized carbons (Fsp3) is 0.211. The fourth-order valence-corrected chi connectivity index (χ4v) is 2.92. The van der Waals surface area contributed by atoms with Crippen molar-refractivity contribution in [1.29, 1.82) is 0 Å². The van der Waals surface area contributed by atoms with Crippen LogP contribution in [0.2, 0.25) is 0 Å². The number of hydrazone groups is 1. The van der Waals surface area contributed by atoms with Gasteiger partial charge in [0.15, 0.2) is 0 Å². The number of nitrogens with zero attached hydrogens (tertiary/aromatic N) is 1. The van der Waals surface area contributed by atoms with Gasteiger partial charge in [0.1, 0.15) is 5.75 Å². The molecule has 1 amide bonds. The molecular weight excluding hydrogens is 336 g/mol. The summed E-state index contributed by atoms with van der Waals surface area (Å²) in [6, 6.07) is 15.0. The molecule has 0 atom stereocenters. The van der Waals surface area contributed by atoms with Crippen LogP contribution in [0.3, 0.4) is 0 Å². The topological polar surface area (TPSA) is 67.8 Å². The lowest BCUT2D eigenvalue weighted by Gasteiger charge is -2.04. The Morgan fingerprint density at radius 3 is 2.56 bits per heavy atom. The zero-order valence-electron chi connectivity index (χ0n) is 14.2. The van der Waals surface area contributed by atoms with Crippen molar-refractivity contribution in [3.63, 3.8) is 0 Å². The van der Waals surface area contributed by atoms with Crippen LogP contribution in [0.15, 0.2) is 53.6 Å². The van der Waals surface area contributed by atoms with Gasteiger partial charge in [-0.1, -0.05) is 24.3 Å². The predicted molar refractivity (Wildman–Crippen MR) is 101 cm³/mol. The number of hydrogen-bond acceptors (Lipinski definition) is 5. The van der Waals surface area contributed by atoms with E-state index in [4.69, 9.17) is 4.74 Å². The smallest absolute Gasteiger partial charge is 0.308 e. The van der Waals surface area contributed by atoms with Gasteiger partial charge in [-0.3, -0.25) is 9.59 Å². The largest absolute Gasteiger partial charge is 0.427 e. The SMILES string of the molecule is CC(=O)Oc1ccc(/C=N\NC(=O)CSCc2ccccc2C)cc1. The first kappa shape index (κ1) is 18.7. The molecule has 2 aromatic carbocycles. The molecule has 2 aromatic rings. The molecule has 1 N–H and O–H groups in total. The number of amides is 1. The summed E-state index contributed by atoms with van der Waals surface area (Å²) in [4.78, 5) is 22.6. The Hall–Kier alpha value is -2.60. The minimum Gasteiger partial charge on any atom is -0.427 e. The number of carbonyl (C=O) groups is 2. The van der Waals surface area contributed by atoms with Gasteiger partial charge in [0.25, 0.3) is 0 Å². The molecule has 0 saturated carbocycles. The zero-order valence-corrected chi connectivity index (χ0v) is 15.0. The van der Waals surface area contributed by atoms with Gasteiger partial charge >= 0.3 is 5.97 Å². The molecular formula is C19H20N2O3S. The van der Waals surface area contributed by atoms with Gasteiger partial charge in [-0.25, -0.2) is 5.43 Å². The molecule has 25 heavy (non-hydrogen) atoms. The van der Waals surface area contributed by atoms with Crippen LogP contribution >= 0.6 is 11.8 Å². The second-order valence-electron chi connectivity index (χ2n) is 5.38. The van der Waals surface area contributed by atoms with E-state index in [1.54, 1.807) is 42.2 Å². The number of hydrogen-bond donors (Lipinski definition) is 1. The molecule has 0 bridgehead atoms. The first-order chi connectivity index (χ1) is 12.0. The Morgan fingerprint density at radius 2 is 1.88 bits per heavy atom.